The van der Waals surface area contributed by atoms with Crippen LogP contribution in [0, 0.1) is 5.92 Å². The van der Waals surface area contributed by atoms with Crippen LogP contribution in [0.3, 0.4) is 0 Å². The zero-order valence-electron chi connectivity index (χ0n) is 14.7. The number of rotatable bonds is 5. The number of fused-ring (bicyclic) bond motifs is 1. The highest BCUT2D eigenvalue weighted by Gasteiger charge is 2.43. The van der Waals surface area contributed by atoms with Crippen LogP contribution in [0.2, 0.25) is 5.15 Å². The number of nitrogens with one attached hydrogen (secondary N) is 1. The van der Waals surface area contributed by atoms with Crippen molar-refractivity contribution in [3.05, 3.63) is 70.9 Å². The van der Waals surface area contributed by atoms with Gasteiger partial charge in [0.1, 0.15) is 10.9 Å². The van der Waals surface area contributed by atoms with Crippen LogP contribution >= 0.6 is 11.6 Å². The van der Waals surface area contributed by atoms with Crippen molar-refractivity contribution in [1.29, 1.82) is 0 Å². The predicted molar refractivity (Wildman–Crippen MR) is 106 cm³/mol. The Hall–Kier alpha value is -2.92. The molecule has 1 heterocycles. The van der Waals surface area contributed by atoms with E-state index in [9.17, 15) is 4.79 Å². The lowest BCUT2D eigenvalue weighted by Gasteiger charge is -2.05. The highest BCUT2D eigenvalue weighted by atomic mass is 35.5. The number of ether oxygens (including phenoxy) is 1. The largest absolute Gasteiger partial charge is 0.497 e. The molecule has 1 aliphatic rings. The molecule has 2 atom stereocenters. The maximum Gasteiger partial charge on any atom is 0.243 e. The number of methoxy groups -OCH3 is 1. The number of carbonyl (C=O) groups excluding carboxylic acids is 1. The topological polar surface area (TPSA) is 63.6 Å². The molecule has 1 N–H and O–H groups in total. The molecule has 1 fully saturated rings. The highest BCUT2D eigenvalue weighted by Crippen LogP contribution is 2.47. The smallest absolute Gasteiger partial charge is 0.243 e. The zero-order chi connectivity index (χ0) is 18.8. The van der Waals surface area contributed by atoms with Crippen LogP contribution in [0.25, 0.3) is 10.9 Å². The Labute approximate surface area is 162 Å². The molecule has 3 aromatic rings. The summed E-state index contributed by atoms with van der Waals surface area (Å²) in [5.74, 6) is 0.911. The second-order valence-electron chi connectivity index (χ2n) is 6.52. The van der Waals surface area contributed by atoms with Crippen molar-refractivity contribution in [3.8, 4) is 5.75 Å². The lowest BCUT2D eigenvalue weighted by molar-refractivity contribution is -0.122. The third-order valence-corrected chi connectivity index (χ3v) is 5.04. The summed E-state index contributed by atoms with van der Waals surface area (Å²) in [7, 11) is 1.61. The van der Waals surface area contributed by atoms with Crippen molar-refractivity contribution in [2.45, 2.75) is 12.3 Å². The third-order valence-electron chi connectivity index (χ3n) is 4.74. The van der Waals surface area contributed by atoms with Gasteiger partial charge >= 0.3 is 0 Å². The van der Waals surface area contributed by atoms with Gasteiger partial charge in [-0.15, -0.1) is 0 Å². The minimum Gasteiger partial charge on any atom is -0.497 e. The van der Waals surface area contributed by atoms with Crippen molar-refractivity contribution in [2.75, 3.05) is 7.11 Å². The molecule has 5 nitrogen and oxygen atoms in total. The monoisotopic (exact) mass is 379 g/mol. The van der Waals surface area contributed by atoms with Crippen molar-refractivity contribution in [1.82, 2.24) is 10.4 Å². The lowest BCUT2D eigenvalue weighted by Crippen LogP contribution is -2.20. The van der Waals surface area contributed by atoms with Crippen LogP contribution in [-0.4, -0.2) is 24.2 Å². The van der Waals surface area contributed by atoms with Gasteiger partial charge in [0.05, 0.1) is 18.8 Å². The van der Waals surface area contributed by atoms with E-state index in [4.69, 9.17) is 16.3 Å². The van der Waals surface area contributed by atoms with Gasteiger partial charge in [0.2, 0.25) is 5.91 Å². The second kappa shape index (κ2) is 7.37. The van der Waals surface area contributed by atoms with E-state index in [1.165, 1.54) is 11.8 Å². The summed E-state index contributed by atoms with van der Waals surface area (Å²) < 4.78 is 5.23. The molecule has 0 spiro atoms. The summed E-state index contributed by atoms with van der Waals surface area (Å²) in [5.41, 5.74) is 5.20. The van der Waals surface area contributed by atoms with Crippen LogP contribution in [-0.2, 0) is 4.79 Å². The fraction of sp³-hybridized carbons (Fsp3) is 0.190. The van der Waals surface area contributed by atoms with Crippen molar-refractivity contribution in [2.24, 2.45) is 11.0 Å². The van der Waals surface area contributed by atoms with Gasteiger partial charge < -0.3 is 4.74 Å². The summed E-state index contributed by atoms with van der Waals surface area (Å²) in [6, 6.07) is 17.5. The van der Waals surface area contributed by atoms with Crippen LogP contribution in [0.4, 0.5) is 0 Å². The second-order valence-corrected chi connectivity index (χ2v) is 6.88. The molecule has 0 aliphatic heterocycles. The molecule has 1 aliphatic carbocycles. The summed E-state index contributed by atoms with van der Waals surface area (Å²) in [4.78, 5) is 16.6. The van der Waals surface area contributed by atoms with E-state index in [1.54, 1.807) is 7.11 Å². The molecule has 0 unspecified atom stereocenters. The molecule has 0 saturated heterocycles. The van der Waals surface area contributed by atoms with Crippen LogP contribution in [0.15, 0.2) is 59.7 Å². The highest BCUT2D eigenvalue weighted by molar-refractivity contribution is 6.32. The van der Waals surface area contributed by atoms with E-state index in [2.05, 4.69) is 27.6 Å². The predicted octanol–water partition coefficient (Wildman–Crippen LogP) is 4.15. The Morgan fingerprint density at radius 1 is 1.26 bits per heavy atom. The molecule has 0 bridgehead atoms. The SMILES string of the molecule is COc1ccc2nc(Cl)c(/C=N/NC(=O)[C@H]3C[C@@H]3c3ccccc3)cc2c1. The minimum atomic E-state index is -0.0772. The molecule has 1 aromatic heterocycles. The summed E-state index contributed by atoms with van der Waals surface area (Å²) >= 11 is 6.22. The van der Waals surface area contributed by atoms with E-state index < -0.39 is 0 Å². The normalized spacial score (nSPS) is 18.6. The number of aromatic nitrogens is 1. The van der Waals surface area contributed by atoms with E-state index >= 15 is 0 Å². The maximum atomic E-state index is 12.3. The molecule has 1 amide bonds. The molecular formula is C21H18ClN3O2. The first-order chi connectivity index (χ1) is 13.2. The number of carbonyl (C=O) groups is 1. The third kappa shape index (κ3) is 3.78. The molecular weight excluding hydrogens is 362 g/mol. The van der Waals surface area contributed by atoms with Gasteiger partial charge in [0, 0.05) is 16.9 Å². The number of hydrogen-bond acceptors (Lipinski definition) is 4. The molecule has 2 aromatic carbocycles. The Morgan fingerprint density at radius 3 is 2.85 bits per heavy atom. The van der Waals surface area contributed by atoms with Crippen molar-refractivity contribution in [3.63, 3.8) is 0 Å². The Morgan fingerprint density at radius 2 is 2.07 bits per heavy atom. The Balaban J connectivity index is 1.44. The van der Waals surface area contributed by atoms with Gasteiger partial charge in [-0.1, -0.05) is 41.9 Å². The quantitative estimate of drug-likeness (QED) is 0.411. The number of pyridine rings is 1. The van der Waals surface area contributed by atoms with E-state index in [1.807, 2.05) is 42.5 Å². The van der Waals surface area contributed by atoms with Gasteiger partial charge in [0.15, 0.2) is 0 Å². The molecule has 6 heteroatoms. The van der Waals surface area contributed by atoms with E-state index in [-0.39, 0.29) is 17.7 Å². The molecule has 27 heavy (non-hydrogen) atoms. The number of hydrogen-bond donors (Lipinski definition) is 1. The van der Waals surface area contributed by atoms with Gasteiger partial charge in [-0.25, -0.2) is 10.4 Å². The van der Waals surface area contributed by atoms with Crippen molar-refractivity contribution < 1.29 is 9.53 Å². The number of amides is 1. The van der Waals surface area contributed by atoms with Crippen LogP contribution in [0.5, 0.6) is 5.75 Å². The number of benzene rings is 2. The molecule has 4 rings (SSSR count). The van der Waals surface area contributed by atoms with Gasteiger partial charge in [0.25, 0.3) is 0 Å². The van der Waals surface area contributed by atoms with Gasteiger partial charge in [-0.2, -0.15) is 5.10 Å². The first-order valence-corrected chi connectivity index (χ1v) is 9.05. The zero-order valence-corrected chi connectivity index (χ0v) is 15.5. The Bertz CT molecular complexity index is 1020. The van der Waals surface area contributed by atoms with Gasteiger partial charge in [-0.05, 0) is 42.2 Å². The first kappa shape index (κ1) is 17.5. The lowest BCUT2D eigenvalue weighted by atomic mass is 10.1. The fourth-order valence-electron chi connectivity index (χ4n) is 3.17. The average Bonchev–Trinajstić information content (AvgIpc) is 3.49. The molecule has 1 saturated carbocycles. The summed E-state index contributed by atoms with van der Waals surface area (Å²) in [6.45, 7) is 0. The average molecular weight is 380 g/mol. The van der Waals surface area contributed by atoms with E-state index in [0.717, 1.165) is 23.1 Å². The van der Waals surface area contributed by atoms with E-state index in [0.29, 0.717) is 10.7 Å². The summed E-state index contributed by atoms with van der Waals surface area (Å²) in [6.07, 6.45) is 2.37. The standard InChI is InChI=1S/C21H18ClN3O2/c1-27-16-7-8-19-14(10-16)9-15(20(22)24-19)12-23-25-21(26)18-11-17(18)13-5-3-2-4-6-13/h2-10,12,17-18H,11H2,1H3,(H,25,26)/b23-12+/t17-,18+/m1/s1. The molecule has 136 valence electrons. The number of halogens is 1. The summed E-state index contributed by atoms with van der Waals surface area (Å²) in [5, 5.41) is 5.28. The van der Waals surface area contributed by atoms with Gasteiger partial charge in [-0.3, -0.25) is 4.79 Å². The van der Waals surface area contributed by atoms with Crippen LogP contribution in [0.1, 0.15) is 23.5 Å². The maximum absolute atomic E-state index is 12.3. The van der Waals surface area contributed by atoms with Crippen LogP contribution < -0.4 is 10.2 Å². The number of nitrogens with zero attached hydrogens (tertiary/aromatic N) is 2. The molecule has 0 radical (unpaired) electrons. The Kier molecular flexibility index (Phi) is 4.77. The number of hydrazone groups is 1. The minimum absolute atomic E-state index is 0.0287. The first-order valence-electron chi connectivity index (χ1n) is 8.68. The fourth-order valence-corrected chi connectivity index (χ4v) is 3.36. The van der Waals surface area contributed by atoms with Crippen molar-refractivity contribution >= 4 is 34.6 Å².